The van der Waals surface area contributed by atoms with Crippen LogP contribution < -0.4 is 10.7 Å². The standard InChI is InChI=1S/C19H18N4O2/c1-12-6-5-7-13(2)17(12)22-18(24)19(25)23-21-11-14-10-20-16-9-4-3-8-15(14)16/h3-11,20H,1-2H3,(H,22,24)(H,23,25)/b21-11+. The van der Waals surface area contributed by atoms with Gasteiger partial charge in [-0.25, -0.2) is 5.43 Å². The molecule has 3 rings (SSSR count). The Kier molecular flexibility index (Phi) is 4.61. The van der Waals surface area contributed by atoms with Gasteiger partial charge in [-0.15, -0.1) is 0 Å². The Hall–Kier alpha value is -3.41. The second-order valence-corrected chi connectivity index (χ2v) is 5.71. The molecule has 6 heteroatoms. The van der Waals surface area contributed by atoms with Crippen LogP contribution in [0, 0.1) is 13.8 Å². The van der Waals surface area contributed by atoms with E-state index in [1.165, 1.54) is 6.21 Å². The summed E-state index contributed by atoms with van der Waals surface area (Å²) in [6.45, 7) is 3.74. The number of para-hydroxylation sites is 2. The van der Waals surface area contributed by atoms with Gasteiger partial charge in [0.25, 0.3) is 0 Å². The SMILES string of the molecule is Cc1cccc(C)c1NC(=O)C(=O)N/N=C/c1c[nH]c2ccccc12. The lowest BCUT2D eigenvalue weighted by Gasteiger charge is -2.10. The molecule has 2 aromatic carbocycles. The number of rotatable bonds is 3. The number of fused-ring (bicyclic) bond motifs is 1. The Bertz CT molecular complexity index is 952. The number of benzene rings is 2. The summed E-state index contributed by atoms with van der Waals surface area (Å²) < 4.78 is 0. The van der Waals surface area contributed by atoms with Crippen molar-refractivity contribution in [2.24, 2.45) is 5.10 Å². The molecule has 0 aliphatic heterocycles. The second-order valence-electron chi connectivity index (χ2n) is 5.71. The van der Waals surface area contributed by atoms with Crippen molar-refractivity contribution in [1.82, 2.24) is 10.4 Å². The summed E-state index contributed by atoms with van der Waals surface area (Å²) >= 11 is 0. The van der Waals surface area contributed by atoms with Crippen molar-refractivity contribution >= 4 is 34.6 Å². The average Bonchev–Trinajstić information content (AvgIpc) is 3.01. The summed E-state index contributed by atoms with van der Waals surface area (Å²) in [5.74, 6) is -1.58. The van der Waals surface area contributed by atoms with Gasteiger partial charge in [-0.2, -0.15) is 5.10 Å². The molecule has 0 saturated carbocycles. The highest BCUT2D eigenvalue weighted by atomic mass is 16.2. The lowest BCUT2D eigenvalue weighted by atomic mass is 10.1. The van der Waals surface area contributed by atoms with Crippen LogP contribution in [0.25, 0.3) is 10.9 Å². The van der Waals surface area contributed by atoms with E-state index in [0.29, 0.717) is 5.69 Å². The fraction of sp³-hybridized carbons (Fsp3) is 0.105. The summed E-state index contributed by atoms with van der Waals surface area (Å²) in [6.07, 6.45) is 3.29. The van der Waals surface area contributed by atoms with E-state index in [-0.39, 0.29) is 0 Å². The van der Waals surface area contributed by atoms with E-state index in [1.807, 2.05) is 56.3 Å². The summed E-state index contributed by atoms with van der Waals surface area (Å²) in [5.41, 5.74) is 6.48. The van der Waals surface area contributed by atoms with Crippen molar-refractivity contribution in [2.45, 2.75) is 13.8 Å². The van der Waals surface area contributed by atoms with Crippen LogP contribution in [-0.2, 0) is 9.59 Å². The molecule has 0 saturated heterocycles. The minimum Gasteiger partial charge on any atom is -0.361 e. The lowest BCUT2D eigenvalue weighted by Crippen LogP contribution is -2.32. The topological polar surface area (TPSA) is 86.3 Å². The first kappa shape index (κ1) is 16.4. The number of hydrazone groups is 1. The number of hydrogen-bond donors (Lipinski definition) is 3. The first-order valence-electron chi connectivity index (χ1n) is 7.83. The van der Waals surface area contributed by atoms with Crippen molar-refractivity contribution in [1.29, 1.82) is 0 Å². The van der Waals surface area contributed by atoms with Gasteiger partial charge >= 0.3 is 11.8 Å². The summed E-state index contributed by atoms with van der Waals surface area (Å²) in [7, 11) is 0. The quantitative estimate of drug-likeness (QED) is 0.391. The molecule has 6 nitrogen and oxygen atoms in total. The first-order valence-corrected chi connectivity index (χ1v) is 7.83. The van der Waals surface area contributed by atoms with Gasteiger partial charge in [0.2, 0.25) is 0 Å². The minimum absolute atomic E-state index is 0.642. The molecular formula is C19H18N4O2. The van der Waals surface area contributed by atoms with Gasteiger partial charge in [0, 0.05) is 28.4 Å². The maximum absolute atomic E-state index is 12.0. The molecule has 0 atom stereocenters. The van der Waals surface area contributed by atoms with Gasteiger partial charge in [-0.3, -0.25) is 9.59 Å². The number of carbonyl (C=O) groups excluding carboxylic acids is 2. The number of hydrogen-bond acceptors (Lipinski definition) is 3. The first-order chi connectivity index (χ1) is 12.1. The van der Waals surface area contributed by atoms with Gasteiger partial charge in [0.05, 0.1) is 6.21 Å². The Morgan fingerprint density at radius 1 is 1.00 bits per heavy atom. The third-order valence-corrected chi connectivity index (χ3v) is 3.92. The average molecular weight is 334 g/mol. The zero-order chi connectivity index (χ0) is 17.8. The van der Waals surface area contributed by atoms with E-state index in [2.05, 4.69) is 20.8 Å². The van der Waals surface area contributed by atoms with Crippen LogP contribution >= 0.6 is 0 Å². The molecular weight excluding hydrogens is 316 g/mol. The molecule has 0 aliphatic carbocycles. The lowest BCUT2D eigenvalue weighted by molar-refractivity contribution is -0.136. The maximum atomic E-state index is 12.0. The molecule has 0 aliphatic rings. The van der Waals surface area contributed by atoms with Crippen LogP contribution in [0.3, 0.4) is 0 Å². The number of aromatic amines is 1. The smallest absolute Gasteiger partial charge is 0.329 e. The van der Waals surface area contributed by atoms with Crippen LogP contribution in [0.4, 0.5) is 5.69 Å². The fourth-order valence-electron chi connectivity index (χ4n) is 2.59. The van der Waals surface area contributed by atoms with Crippen molar-refractivity contribution < 1.29 is 9.59 Å². The van der Waals surface area contributed by atoms with Gasteiger partial charge < -0.3 is 10.3 Å². The predicted octanol–water partition coefficient (Wildman–Crippen LogP) is 2.87. The molecule has 0 fully saturated rings. The number of nitrogens with zero attached hydrogens (tertiary/aromatic N) is 1. The van der Waals surface area contributed by atoms with Crippen molar-refractivity contribution in [3.63, 3.8) is 0 Å². The van der Waals surface area contributed by atoms with E-state index >= 15 is 0 Å². The fourth-order valence-corrected chi connectivity index (χ4v) is 2.59. The van der Waals surface area contributed by atoms with E-state index < -0.39 is 11.8 Å². The number of aryl methyl sites for hydroxylation is 2. The van der Waals surface area contributed by atoms with Crippen LogP contribution in [0.5, 0.6) is 0 Å². The highest BCUT2D eigenvalue weighted by Gasteiger charge is 2.15. The van der Waals surface area contributed by atoms with Crippen molar-refractivity contribution in [3.05, 3.63) is 65.4 Å². The number of amides is 2. The molecule has 0 bridgehead atoms. The number of anilines is 1. The Morgan fingerprint density at radius 3 is 2.48 bits per heavy atom. The molecule has 0 unspecified atom stereocenters. The van der Waals surface area contributed by atoms with Crippen molar-refractivity contribution in [3.8, 4) is 0 Å². The van der Waals surface area contributed by atoms with Crippen LogP contribution in [0.15, 0.2) is 53.8 Å². The highest BCUT2D eigenvalue weighted by Crippen LogP contribution is 2.19. The number of nitrogens with one attached hydrogen (secondary N) is 3. The molecule has 126 valence electrons. The monoisotopic (exact) mass is 334 g/mol. The zero-order valence-electron chi connectivity index (χ0n) is 14.0. The Labute approximate surface area is 144 Å². The molecule has 25 heavy (non-hydrogen) atoms. The normalized spacial score (nSPS) is 11.0. The Morgan fingerprint density at radius 2 is 1.72 bits per heavy atom. The van der Waals surface area contributed by atoms with E-state index in [0.717, 1.165) is 27.6 Å². The van der Waals surface area contributed by atoms with Gasteiger partial charge in [-0.1, -0.05) is 36.4 Å². The largest absolute Gasteiger partial charge is 0.361 e. The number of H-pyrrole nitrogens is 1. The van der Waals surface area contributed by atoms with Gasteiger partial charge in [0.1, 0.15) is 0 Å². The van der Waals surface area contributed by atoms with Gasteiger partial charge in [-0.05, 0) is 31.0 Å². The van der Waals surface area contributed by atoms with E-state index in [9.17, 15) is 9.59 Å². The third-order valence-electron chi connectivity index (χ3n) is 3.92. The predicted molar refractivity (Wildman–Crippen MR) is 98.6 cm³/mol. The maximum Gasteiger partial charge on any atom is 0.329 e. The highest BCUT2D eigenvalue weighted by molar-refractivity contribution is 6.39. The Balaban J connectivity index is 1.65. The minimum atomic E-state index is -0.821. The second kappa shape index (κ2) is 7.00. The zero-order valence-corrected chi connectivity index (χ0v) is 14.0. The molecule has 1 heterocycles. The molecule has 0 radical (unpaired) electrons. The van der Waals surface area contributed by atoms with Crippen LogP contribution in [-0.4, -0.2) is 23.0 Å². The summed E-state index contributed by atoms with van der Waals surface area (Å²) in [6, 6.07) is 13.4. The van der Waals surface area contributed by atoms with Crippen molar-refractivity contribution in [2.75, 3.05) is 5.32 Å². The number of carbonyl (C=O) groups is 2. The molecule has 3 aromatic rings. The summed E-state index contributed by atoms with van der Waals surface area (Å²) in [5, 5.41) is 7.47. The molecule has 3 N–H and O–H groups in total. The van der Waals surface area contributed by atoms with E-state index in [4.69, 9.17) is 0 Å². The molecule has 2 amide bonds. The van der Waals surface area contributed by atoms with Crippen LogP contribution in [0.2, 0.25) is 0 Å². The summed E-state index contributed by atoms with van der Waals surface area (Å²) in [4.78, 5) is 27.0. The van der Waals surface area contributed by atoms with Gasteiger partial charge in [0.15, 0.2) is 0 Å². The molecule has 1 aromatic heterocycles. The van der Waals surface area contributed by atoms with E-state index in [1.54, 1.807) is 6.20 Å². The van der Waals surface area contributed by atoms with Crippen LogP contribution in [0.1, 0.15) is 16.7 Å². The third kappa shape index (κ3) is 3.58. The number of aromatic nitrogens is 1. The molecule has 0 spiro atoms.